The molecule has 5 nitrogen and oxygen atoms in total. The van der Waals surface area contributed by atoms with Gasteiger partial charge in [-0.1, -0.05) is 32.0 Å². The zero-order valence-corrected chi connectivity index (χ0v) is 20.2. The highest BCUT2D eigenvalue weighted by atomic mass is 19.4. The molecular formula is C27H31F3N2O3. The third kappa shape index (κ3) is 4.73. The van der Waals surface area contributed by atoms with Crippen LogP contribution in [-0.4, -0.2) is 43.8 Å². The second-order valence-corrected chi connectivity index (χ2v) is 10.7. The maximum atomic E-state index is 13.4. The van der Waals surface area contributed by atoms with Crippen LogP contribution in [0.2, 0.25) is 0 Å². The third-order valence-electron chi connectivity index (χ3n) is 7.80. The van der Waals surface area contributed by atoms with Crippen molar-refractivity contribution in [1.29, 1.82) is 0 Å². The molecule has 8 heteroatoms. The topological polar surface area (TPSA) is 50.8 Å². The summed E-state index contributed by atoms with van der Waals surface area (Å²) in [5, 5.41) is 3.09. The molecule has 1 aliphatic carbocycles. The second kappa shape index (κ2) is 8.73. The largest absolute Gasteiger partial charge is 0.497 e. The van der Waals surface area contributed by atoms with E-state index in [9.17, 15) is 18.0 Å². The van der Waals surface area contributed by atoms with Gasteiger partial charge in [-0.25, -0.2) is 4.79 Å². The molecular weight excluding hydrogens is 457 g/mol. The van der Waals surface area contributed by atoms with Gasteiger partial charge in [0.25, 0.3) is 0 Å². The van der Waals surface area contributed by atoms with Gasteiger partial charge in [0.05, 0.1) is 18.7 Å². The van der Waals surface area contributed by atoms with Crippen molar-refractivity contribution in [1.82, 2.24) is 10.2 Å². The molecule has 0 aromatic heterocycles. The number of carbonyl (C=O) groups excluding carboxylic acids is 1. The molecule has 6 rings (SSSR count). The van der Waals surface area contributed by atoms with Crippen LogP contribution >= 0.6 is 0 Å². The Labute approximate surface area is 203 Å². The van der Waals surface area contributed by atoms with E-state index in [1.165, 1.54) is 7.11 Å². The number of nitrogens with zero attached hydrogens (tertiary/aromatic N) is 1. The van der Waals surface area contributed by atoms with Crippen molar-refractivity contribution >= 4 is 6.09 Å². The lowest BCUT2D eigenvalue weighted by atomic mass is 9.85. The van der Waals surface area contributed by atoms with Crippen molar-refractivity contribution in [3.63, 3.8) is 0 Å². The van der Waals surface area contributed by atoms with Crippen molar-refractivity contribution in [3.8, 4) is 16.9 Å². The van der Waals surface area contributed by atoms with Crippen molar-refractivity contribution in [2.45, 2.75) is 51.4 Å². The minimum absolute atomic E-state index is 0.0697. The lowest BCUT2D eigenvalue weighted by molar-refractivity contribution is -0.137. The Bertz CT molecular complexity index is 1120. The summed E-state index contributed by atoms with van der Waals surface area (Å²) in [6.07, 6.45) is -2.11. The molecule has 3 saturated heterocycles. The van der Waals surface area contributed by atoms with Crippen LogP contribution in [0.5, 0.6) is 5.75 Å². The van der Waals surface area contributed by atoms with Gasteiger partial charge in [-0.2, -0.15) is 13.2 Å². The number of hydrogen-bond donors (Lipinski definition) is 1. The van der Waals surface area contributed by atoms with Gasteiger partial charge in [0.15, 0.2) is 0 Å². The van der Waals surface area contributed by atoms with Crippen LogP contribution in [0.15, 0.2) is 36.4 Å². The average Bonchev–Trinajstić information content (AvgIpc) is 3.07. The van der Waals surface area contributed by atoms with Crippen molar-refractivity contribution in [3.05, 3.63) is 53.1 Å². The highest BCUT2D eigenvalue weighted by Crippen LogP contribution is 2.47. The van der Waals surface area contributed by atoms with E-state index in [-0.39, 0.29) is 23.3 Å². The van der Waals surface area contributed by atoms with Gasteiger partial charge in [-0.05, 0) is 84.1 Å². The van der Waals surface area contributed by atoms with E-state index in [1.807, 2.05) is 18.2 Å². The van der Waals surface area contributed by atoms with Crippen LogP contribution in [0.3, 0.4) is 0 Å². The maximum Gasteiger partial charge on any atom is 0.416 e. The first-order valence-corrected chi connectivity index (χ1v) is 12.1. The number of ether oxygens (including phenoxy) is 2. The van der Waals surface area contributed by atoms with Gasteiger partial charge in [0.2, 0.25) is 0 Å². The molecule has 2 aromatic rings. The van der Waals surface area contributed by atoms with Crippen LogP contribution < -0.4 is 10.1 Å². The molecule has 188 valence electrons. The first-order valence-electron chi connectivity index (χ1n) is 12.1. The Morgan fingerprint density at radius 1 is 1.09 bits per heavy atom. The number of piperidine rings is 3. The molecule has 0 radical (unpaired) electrons. The van der Waals surface area contributed by atoms with E-state index in [1.54, 1.807) is 6.07 Å². The van der Waals surface area contributed by atoms with E-state index in [2.05, 4.69) is 24.1 Å². The minimum atomic E-state index is -4.47. The predicted octanol–water partition coefficient (Wildman–Crippen LogP) is 5.82. The molecule has 4 aliphatic rings. The van der Waals surface area contributed by atoms with Crippen LogP contribution in [-0.2, 0) is 17.3 Å². The molecule has 2 atom stereocenters. The number of rotatable bonds is 4. The molecule has 2 aromatic carbocycles. The summed E-state index contributed by atoms with van der Waals surface area (Å²) < 4.78 is 51.2. The van der Waals surface area contributed by atoms with Crippen molar-refractivity contribution < 1.29 is 27.4 Å². The molecule has 1 amide bonds. The summed E-state index contributed by atoms with van der Waals surface area (Å²) in [4.78, 5) is 15.2. The molecule has 35 heavy (non-hydrogen) atoms. The van der Waals surface area contributed by atoms with Gasteiger partial charge in [0.1, 0.15) is 11.9 Å². The molecule has 0 spiro atoms. The van der Waals surface area contributed by atoms with Crippen molar-refractivity contribution in [2.75, 3.05) is 26.7 Å². The summed E-state index contributed by atoms with van der Waals surface area (Å²) in [7, 11) is 1.36. The fourth-order valence-electron chi connectivity index (χ4n) is 5.89. The standard InChI is InChI=1S/C27H31F3N2O3/c1-26(2)14-19-10-17(18-11-20(27(28,29)30)13-21(12-18)34-3)4-5-22(19)24(26)31-25(33)35-23-15-32-8-6-16(23)7-9-32/h4-5,10-13,16,23-24H,6-9,14-15H2,1-3H3,(H,31,33)/t23-,24?/m1/s1. The average molecular weight is 489 g/mol. The SMILES string of the molecule is COc1cc(-c2ccc3c(c2)CC(C)(C)C3NC(=O)O[C@@H]2CN3CCC2CC3)cc(C(F)(F)F)c1. The number of alkyl halides is 3. The van der Waals surface area contributed by atoms with Crippen LogP contribution in [0.1, 0.15) is 49.4 Å². The van der Waals surface area contributed by atoms with Gasteiger partial charge in [0, 0.05) is 6.54 Å². The van der Waals surface area contributed by atoms with E-state index >= 15 is 0 Å². The van der Waals surface area contributed by atoms with E-state index < -0.39 is 17.8 Å². The van der Waals surface area contributed by atoms with E-state index in [0.29, 0.717) is 23.5 Å². The van der Waals surface area contributed by atoms with Gasteiger partial charge in [-0.15, -0.1) is 0 Å². The Hall–Kier alpha value is -2.74. The molecule has 1 N–H and O–H groups in total. The van der Waals surface area contributed by atoms with E-state index in [4.69, 9.17) is 9.47 Å². The highest BCUT2D eigenvalue weighted by Gasteiger charge is 2.42. The fourth-order valence-corrected chi connectivity index (χ4v) is 5.89. The minimum Gasteiger partial charge on any atom is -0.497 e. The van der Waals surface area contributed by atoms with Gasteiger partial charge >= 0.3 is 12.3 Å². The Morgan fingerprint density at radius 3 is 2.46 bits per heavy atom. The molecule has 1 unspecified atom stereocenters. The first-order chi connectivity index (χ1) is 16.5. The number of methoxy groups -OCH3 is 1. The lowest BCUT2D eigenvalue weighted by Crippen LogP contribution is -2.53. The second-order valence-electron chi connectivity index (χ2n) is 10.7. The number of fused-ring (bicyclic) bond motifs is 4. The lowest BCUT2D eigenvalue weighted by Gasteiger charge is -2.44. The normalized spacial score (nSPS) is 26.8. The summed E-state index contributed by atoms with van der Waals surface area (Å²) in [5.74, 6) is 0.590. The van der Waals surface area contributed by atoms with Crippen LogP contribution in [0.25, 0.3) is 11.1 Å². The molecule has 0 saturated carbocycles. The first kappa shape index (κ1) is 24.0. The van der Waals surface area contributed by atoms with Crippen LogP contribution in [0, 0.1) is 11.3 Å². The van der Waals surface area contributed by atoms with Crippen molar-refractivity contribution in [2.24, 2.45) is 11.3 Å². The Kier molecular flexibility index (Phi) is 5.98. The monoisotopic (exact) mass is 488 g/mol. The summed E-state index contributed by atoms with van der Waals surface area (Å²) >= 11 is 0. The van der Waals surface area contributed by atoms with Gasteiger partial charge in [-0.3, -0.25) is 4.90 Å². The number of carbonyl (C=O) groups is 1. The summed E-state index contributed by atoms with van der Waals surface area (Å²) in [6, 6.07) is 9.15. The predicted molar refractivity (Wildman–Crippen MR) is 126 cm³/mol. The highest BCUT2D eigenvalue weighted by molar-refractivity contribution is 5.71. The summed E-state index contributed by atoms with van der Waals surface area (Å²) in [5.41, 5.74) is 2.10. The number of nitrogens with one attached hydrogen (secondary N) is 1. The van der Waals surface area contributed by atoms with Gasteiger partial charge < -0.3 is 14.8 Å². The van der Waals surface area contributed by atoms with Crippen LogP contribution in [0.4, 0.5) is 18.0 Å². The maximum absolute atomic E-state index is 13.4. The summed E-state index contributed by atoms with van der Waals surface area (Å²) in [6.45, 7) is 7.12. The number of hydrogen-bond acceptors (Lipinski definition) is 4. The molecule has 3 fully saturated rings. The quantitative estimate of drug-likeness (QED) is 0.589. The number of alkyl carbamates (subject to hydrolysis) is 1. The third-order valence-corrected chi connectivity index (χ3v) is 7.80. The zero-order chi connectivity index (χ0) is 25.0. The molecule has 2 bridgehead atoms. The molecule has 3 heterocycles. The fraction of sp³-hybridized carbons (Fsp3) is 0.519. The number of amides is 1. The smallest absolute Gasteiger partial charge is 0.416 e. The number of halogens is 3. The molecule has 3 aliphatic heterocycles. The van der Waals surface area contributed by atoms with E-state index in [0.717, 1.165) is 55.7 Å². The Balaban J connectivity index is 1.37. The zero-order valence-electron chi connectivity index (χ0n) is 20.2. The number of benzene rings is 2. The Morgan fingerprint density at radius 2 is 1.83 bits per heavy atom.